The SMILES string of the molecule is COC(C#N)c1cnn(C)c1.Cn1cc(-c2cn[nH]c2N)cn1.Cn1cc(CC#N)cn1. The number of methoxy groups -OCH3 is 1. The highest BCUT2D eigenvalue weighted by molar-refractivity contribution is 5.71. The number of aromatic amines is 1. The Morgan fingerprint density at radius 1 is 1.00 bits per heavy atom. The van der Waals surface area contributed by atoms with E-state index in [1.165, 1.54) is 7.11 Å². The Morgan fingerprint density at radius 2 is 1.66 bits per heavy atom. The highest BCUT2D eigenvalue weighted by Gasteiger charge is 2.09. The average molecular weight is 435 g/mol. The Bertz CT molecular complexity index is 1180. The van der Waals surface area contributed by atoms with E-state index in [0.29, 0.717) is 12.2 Å². The number of nitrogens with two attached hydrogens (primary N) is 1. The van der Waals surface area contributed by atoms with Crippen LogP contribution in [0.4, 0.5) is 5.82 Å². The van der Waals surface area contributed by atoms with E-state index in [0.717, 1.165) is 22.3 Å². The Kier molecular flexibility index (Phi) is 8.71. The summed E-state index contributed by atoms with van der Waals surface area (Å²) in [4.78, 5) is 0. The summed E-state index contributed by atoms with van der Waals surface area (Å²) in [5, 5.41) is 35.2. The minimum Gasteiger partial charge on any atom is -0.384 e. The molecule has 3 N–H and O–H groups in total. The molecule has 0 spiro atoms. The highest BCUT2D eigenvalue weighted by Crippen LogP contribution is 2.21. The van der Waals surface area contributed by atoms with Crippen LogP contribution in [0.15, 0.2) is 43.4 Å². The summed E-state index contributed by atoms with van der Waals surface area (Å²) < 4.78 is 9.93. The van der Waals surface area contributed by atoms with Gasteiger partial charge in [0.2, 0.25) is 0 Å². The molecule has 166 valence electrons. The van der Waals surface area contributed by atoms with Crippen molar-refractivity contribution < 1.29 is 4.74 Å². The summed E-state index contributed by atoms with van der Waals surface area (Å²) in [6.45, 7) is 0. The molecule has 0 aliphatic rings. The molecule has 0 saturated heterocycles. The molecule has 12 heteroatoms. The zero-order valence-electron chi connectivity index (χ0n) is 18.3. The second-order valence-electron chi connectivity index (χ2n) is 6.65. The second kappa shape index (κ2) is 11.7. The van der Waals surface area contributed by atoms with Gasteiger partial charge in [-0.2, -0.15) is 30.9 Å². The number of aromatic nitrogens is 8. The van der Waals surface area contributed by atoms with Gasteiger partial charge in [-0.05, 0) is 0 Å². The van der Waals surface area contributed by atoms with Gasteiger partial charge in [0.05, 0.1) is 43.3 Å². The van der Waals surface area contributed by atoms with Crippen LogP contribution in [-0.2, 0) is 32.3 Å². The standard InChI is InChI=1S/C7H9N5.C7H9N3O.C6H7N3/c1-12-4-5(2-10-12)6-3-9-11-7(6)8;1-10-5-6(4-9-10)7(3-8)11-2;1-9-5-6(2-3-7)4-8-9/h2-4H,1H3,(H3,8,9,11);4-5,7H,1-2H3;4-5H,2H2,1H3. The predicted octanol–water partition coefficient (Wildman–Crippen LogP) is 1.51. The maximum absolute atomic E-state index is 8.58. The normalized spacial score (nSPS) is 10.7. The fourth-order valence-electron chi connectivity index (χ4n) is 2.58. The maximum Gasteiger partial charge on any atom is 0.171 e. The number of rotatable bonds is 4. The van der Waals surface area contributed by atoms with Gasteiger partial charge in [0.15, 0.2) is 6.10 Å². The molecule has 0 saturated carbocycles. The van der Waals surface area contributed by atoms with E-state index >= 15 is 0 Å². The first-order valence-corrected chi connectivity index (χ1v) is 9.41. The molecule has 4 aromatic rings. The number of H-pyrrole nitrogens is 1. The van der Waals surface area contributed by atoms with Crippen LogP contribution in [0.2, 0.25) is 0 Å². The third-order valence-corrected chi connectivity index (χ3v) is 4.11. The maximum atomic E-state index is 8.58. The summed E-state index contributed by atoms with van der Waals surface area (Å²) in [6.07, 6.45) is 12.2. The third-order valence-electron chi connectivity index (χ3n) is 4.11. The fourth-order valence-corrected chi connectivity index (χ4v) is 2.58. The monoisotopic (exact) mass is 435 g/mol. The van der Waals surface area contributed by atoms with Gasteiger partial charge in [-0.3, -0.25) is 19.1 Å². The summed E-state index contributed by atoms with van der Waals surface area (Å²) in [5.41, 5.74) is 9.26. The van der Waals surface area contributed by atoms with E-state index in [1.54, 1.807) is 52.1 Å². The number of hydrogen-bond acceptors (Lipinski definition) is 8. The molecule has 12 nitrogen and oxygen atoms in total. The lowest BCUT2D eigenvalue weighted by Crippen LogP contribution is -1.95. The number of nitrogen functional groups attached to an aromatic ring is 1. The highest BCUT2D eigenvalue weighted by atomic mass is 16.5. The van der Waals surface area contributed by atoms with Crippen molar-refractivity contribution in [2.45, 2.75) is 12.5 Å². The molecule has 0 aliphatic heterocycles. The van der Waals surface area contributed by atoms with Crippen molar-refractivity contribution >= 4 is 5.82 Å². The zero-order chi connectivity index (χ0) is 23.5. The molecular formula is C20H25N11O. The number of nitriles is 2. The molecule has 1 atom stereocenters. The molecule has 0 aromatic carbocycles. The number of anilines is 1. The van der Waals surface area contributed by atoms with Crippen LogP contribution in [0.3, 0.4) is 0 Å². The van der Waals surface area contributed by atoms with Crippen LogP contribution in [0.1, 0.15) is 17.2 Å². The quantitative estimate of drug-likeness (QED) is 0.487. The van der Waals surface area contributed by atoms with Gasteiger partial charge in [0.1, 0.15) is 5.82 Å². The Hall–Kier alpha value is -4.42. The third kappa shape index (κ3) is 6.83. The van der Waals surface area contributed by atoms with Gasteiger partial charge in [-0.1, -0.05) is 0 Å². The number of ether oxygens (including phenoxy) is 1. The number of aryl methyl sites for hydroxylation is 3. The van der Waals surface area contributed by atoms with Gasteiger partial charge < -0.3 is 10.5 Å². The molecule has 0 aliphatic carbocycles. The van der Waals surface area contributed by atoms with Gasteiger partial charge in [-0.15, -0.1) is 0 Å². The van der Waals surface area contributed by atoms with Gasteiger partial charge in [-0.25, -0.2) is 0 Å². The Morgan fingerprint density at radius 3 is 2.09 bits per heavy atom. The topological polar surface area (TPSA) is 165 Å². The number of hydrogen-bond donors (Lipinski definition) is 2. The minimum atomic E-state index is -0.497. The van der Waals surface area contributed by atoms with E-state index in [2.05, 4.69) is 25.5 Å². The van der Waals surface area contributed by atoms with Gasteiger partial charge >= 0.3 is 0 Å². The molecule has 4 rings (SSSR count). The van der Waals surface area contributed by atoms with Gasteiger partial charge in [0.25, 0.3) is 0 Å². The van der Waals surface area contributed by atoms with E-state index < -0.39 is 6.10 Å². The van der Waals surface area contributed by atoms with Crippen LogP contribution in [0.5, 0.6) is 0 Å². The Balaban J connectivity index is 0.000000172. The molecule has 32 heavy (non-hydrogen) atoms. The molecule has 0 radical (unpaired) electrons. The number of nitrogens with one attached hydrogen (secondary N) is 1. The van der Waals surface area contributed by atoms with Crippen LogP contribution < -0.4 is 5.73 Å². The second-order valence-corrected chi connectivity index (χ2v) is 6.65. The van der Waals surface area contributed by atoms with Crippen LogP contribution in [-0.4, -0.2) is 46.6 Å². The van der Waals surface area contributed by atoms with Crippen molar-refractivity contribution in [3.05, 3.63) is 54.5 Å². The van der Waals surface area contributed by atoms with Crippen molar-refractivity contribution in [2.75, 3.05) is 12.8 Å². The minimum absolute atomic E-state index is 0.452. The van der Waals surface area contributed by atoms with Crippen molar-refractivity contribution in [3.8, 4) is 23.3 Å². The Labute approximate surface area is 185 Å². The zero-order valence-corrected chi connectivity index (χ0v) is 18.3. The van der Waals surface area contributed by atoms with Crippen molar-refractivity contribution in [2.24, 2.45) is 21.1 Å². The average Bonchev–Trinajstić information content (AvgIpc) is 3.55. The van der Waals surface area contributed by atoms with Gasteiger partial charge in [0, 0.05) is 69.1 Å². The van der Waals surface area contributed by atoms with Crippen LogP contribution in [0, 0.1) is 22.7 Å². The van der Waals surface area contributed by atoms with Crippen molar-refractivity contribution in [3.63, 3.8) is 0 Å². The summed E-state index contributed by atoms with van der Waals surface area (Å²) >= 11 is 0. The first-order chi connectivity index (χ1) is 15.4. The number of nitrogens with zero attached hydrogens (tertiary/aromatic N) is 9. The largest absolute Gasteiger partial charge is 0.384 e. The first-order valence-electron chi connectivity index (χ1n) is 9.41. The lowest BCUT2D eigenvalue weighted by molar-refractivity contribution is 0.148. The van der Waals surface area contributed by atoms with E-state index in [4.69, 9.17) is 21.0 Å². The van der Waals surface area contributed by atoms with Crippen LogP contribution in [0.25, 0.3) is 11.1 Å². The molecular weight excluding hydrogens is 410 g/mol. The molecule has 1 unspecified atom stereocenters. The van der Waals surface area contributed by atoms with Crippen molar-refractivity contribution in [1.82, 2.24) is 39.5 Å². The first kappa shape index (κ1) is 23.9. The van der Waals surface area contributed by atoms with E-state index in [-0.39, 0.29) is 0 Å². The lowest BCUT2D eigenvalue weighted by Gasteiger charge is -2.00. The van der Waals surface area contributed by atoms with Crippen molar-refractivity contribution in [1.29, 1.82) is 10.5 Å². The molecule has 0 fully saturated rings. The lowest BCUT2D eigenvalue weighted by atomic mass is 10.2. The fraction of sp³-hybridized carbons (Fsp3) is 0.300. The smallest absolute Gasteiger partial charge is 0.171 e. The summed E-state index contributed by atoms with van der Waals surface area (Å²) in [6, 6.07) is 4.05. The predicted molar refractivity (Wildman–Crippen MR) is 116 cm³/mol. The van der Waals surface area contributed by atoms with Crippen LogP contribution >= 0.6 is 0 Å². The summed E-state index contributed by atoms with van der Waals surface area (Å²) in [5.74, 6) is 0.572. The molecule has 4 heterocycles. The molecule has 0 bridgehead atoms. The van der Waals surface area contributed by atoms with E-state index in [9.17, 15) is 0 Å². The van der Waals surface area contributed by atoms with E-state index in [1.807, 2.05) is 38.6 Å². The summed E-state index contributed by atoms with van der Waals surface area (Å²) in [7, 11) is 7.00. The molecule has 4 aromatic heterocycles. The molecule has 0 amide bonds.